The van der Waals surface area contributed by atoms with E-state index in [-0.39, 0.29) is 5.60 Å². The van der Waals surface area contributed by atoms with E-state index in [4.69, 9.17) is 4.74 Å². The summed E-state index contributed by atoms with van der Waals surface area (Å²) in [7, 11) is 0. The molecule has 1 aliphatic rings. The molecule has 0 unspecified atom stereocenters. The van der Waals surface area contributed by atoms with Gasteiger partial charge in [-0.3, -0.25) is 0 Å². The largest absolute Gasteiger partial charge is 0.376 e. The summed E-state index contributed by atoms with van der Waals surface area (Å²) in [5.41, 5.74) is 0.0447. The standard InChI is InChI=1S/C12H24O/c1-10-5-7-11(8-6-10)9-13-12(2,3)4/h10-11H,5-9H2,1-4H3. The van der Waals surface area contributed by atoms with Gasteiger partial charge >= 0.3 is 0 Å². The Kier molecular flexibility index (Phi) is 3.78. The molecule has 0 aliphatic heterocycles. The van der Waals surface area contributed by atoms with Crippen molar-refractivity contribution in [2.75, 3.05) is 6.61 Å². The van der Waals surface area contributed by atoms with Gasteiger partial charge in [0.25, 0.3) is 0 Å². The van der Waals surface area contributed by atoms with Crippen molar-refractivity contribution in [3.05, 3.63) is 0 Å². The average Bonchev–Trinajstić information content (AvgIpc) is 2.02. The van der Waals surface area contributed by atoms with Gasteiger partial charge in [-0.05, 0) is 45.4 Å². The molecule has 1 saturated carbocycles. The quantitative estimate of drug-likeness (QED) is 0.637. The summed E-state index contributed by atoms with van der Waals surface area (Å²) in [6, 6.07) is 0. The molecule has 0 radical (unpaired) electrons. The van der Waals surface area contributed by atoms with E-state index in [1.54, 1.807) is 0 Å². The first-order valence-electron chi connectivity index (χ1n) is 5.61. The highest BCUT2D eigenvalue weighted by atomic mass is 16.5. The predicted octanol–water partition coefficient (Wildman–Crippen LogP) is 3.63. The number of hydrogen-bond donors (Lipinski definition) is 0. The van der Waals surface area contributed by atoms with E-state index in [0.29, 0.717) is 0 Å². The van der Waals surface area contributed by atoms with Crippen LogP contribution in [0.4, 0.5) is 0 Å². The molecule has 0 bridgehead atoms. The molecular weight excluding hydrogens is 160 g/mol. The molecule has 1 nitrogen and oxygen atoms in total. The van der Waals surface area contributed by atoms with E-state index in [1.807, 2.05) is 0 Å². The van der Waals surface area contributed by atoms with Gasteiger partial charge in [-0.15, -0.1) is 0 Å². The first-order chi connectivity index (χ1) is 5.97. The summed E-state index contributed by atoms with van der Waals surface area (Å²) in [4.78, 5) is 0. The zero-order valence-electron chi connectivity index (χ0n) is 9.60. The van der Waals surface area contributed by atoms with Crippen LogP contribution >= 0.6 is 0 Å². The normalized spacial score (nSPS) is 30.5. The SMILES string of the molecule is CC1CCC(COC(C)(C)C)CC1. The van der Waals surface area contributed by atoms with E-state index >= 15 is 0 Å². The number of hydrogen-bond acceptors (Lipinski definition) is 1. The lowest BCUT2D eigenvalue weighted by Crippen LogP contribution is -2.25. The second kappa shape index (κ2) is 4.45. The average molecular weight is 184 g/mol. The van der Waals surface area contributed by atoms with Crippen LogP contribution in [-0.4, -0.2) is 12.2 Å². The Labute approximate surface area is 82.9 Å². The lowest BCUT2D eigenvalue weighted by molar-refractivity contribution is -0.0297. The van der Waals surface area contributed by atoms with Crippen LogP contribution in [0.1, 0.15) is 53.4 Å². The van der Waals surface area contributed by atoms with Gasteiger partial charge in [0.1, 0.15) is 0 Å². The van der Waals surface area contributed by atoms with Crippen LogP contribution in [0, 0.1) is 11.8 Å². The Morgan fingerprint density at radius 1 is 1.08 bits per heavy atom. The fourth-order valence-corrected chi connectivity index (χ4v) is 1.86. The maximum absolute atomic E-state index is 5.80. The third-order valence-electron chi connectivity index (χ3n) is 2.89. The highest BCUT2D eigenvalue weighted by Crippen LogP contribution is 2.29. The summed E-state index contributed by atoms with van der Waals surface area (Å²) >= 11 is 0. The number of ether oxygens (including phenoxy) is 1. The van der Waals surface area contributed by atoms with Gasteiger partial charge in [-0.2, -0.15) is 0 Å². The van der Waals surface area contributed by atoms with Crippen LogP contribution in [0.2, 0.25) is 0 Å². The second-order valence-electron chi connectivity index (χ2n) is 5.55. The van der Waals surface area contributed by atoms with Crippen LogP contribution in [-0.2, 0) is 4.74 Å². The predicted molar refractivity (Wildman–Crippen MR) is 56.8 cm³/mol. The first kappa shape index (κ1) is 11.0. The topological polar surface area (TPSA) is 9.23 Å². The number of rotatable bonds is 2. The third-order valence-corrected chi connectivity index (χ3v) is 2.89. The van der Waals surface area contributed by atoms with E-state index in [1.165, 1.54) is 25.7 Å². The van der Waals surface area contributed by atoms with E-state index in [9.17, 15) is 0 Å². The van der Waals surface area contributed by atoms with E-state index < -0.39 is 0 Å². The molecular formula is C12H24O. The molecule has 1 heteroatoms. The summed E-state index contributed by atoms with van der Waals surface area (Å²) < 4.78 is 5.80. The zero-order chi connectivity index (χ0) is 9.90. The molecule has 0 amide bonds. The minimum Gasteiger partial charge on any atom is -0.376 e. The highest BCUT2D eigenvalue weighted by Gasteiger charge is 2.20. The van der Waals surface area contributed by atoms with Crippen molar-refractivity contribution in [2.45, 2.75) is 59.0 Å². The summed E-state index contributed by atoms with van der Waals surface area (Å²) in [6.45, 7) is 9.74. The van der Waals surface area contributed by atoms with Gasteiger partial charge in [-0.1, -0.05) is 19.8 Å². The molecule has 0 aromatic heterocycles. The van der Waals surface area contributed by atoms with Gasteiger partial charge in [-0.25, -0.2) is 0 Å². The Morgan fingerprint density at radius 2 is 1.62 bits per heavy atom. The summed E-state index contributed by atoms with van der Waals surface area (Å²) in [5.74, 6) is 1.78. The van der Waals surface area contributed by atoms with Crippen LogP contribution in [0.3, 0.4) is 0 Å². The third kappa shape index (κ3) is 4.66. The molecule has 0 aromatic carbocycles. The molecule has 13 heavy (non-hydrogen) atoms. The smallest absolute Gasteiger partial charge is 0.0598 e. The van der Waals surface area contributed by atoms with Crippen molar-refractivity contribution >= 4 is 0 Å². The fraction of sp³-hybridized carbons (Fsp3) is 1.00. The molecule has 0 spiro atoms. The summed E-state index contributed by atoms with van der Waals surface area (Å²) in [5, 5.41) is 0. The molecule has 1 fully saturated rings. The molecule has 78 valence electrons. The minimum atomic E-state index is 0.0447. The minimum absolute atomic E-state index is 0.0447. The second-order valence-corrected chi connectivity index (χ2v) is 5.55. The summed E-state index contributed by atoms with van der Waals surface area (Å²) in [6.07, 6.45) is 5.55. The molecule has 0 atom stereocenters. The van der Waals surface area contributed by atoms with Crippen LogP contribution < -0.4 is 0 Å². The highest BCUT2D eigenvalue weighted by molar-refractivity contribution is 4.71. The van der Waals surface area contributed by atoms with Crippen LogP contribution in [0.25, 0.3) is 0 Å². The van der Waals surface area contributed by atoms with E-state index in [0.717, 1.165) is 18.4 Å². The van der Waals surface area contributed by atoms with Crippen molar-refractivity contribution in [3.63, 3.8) is 0 Å². The lowest BCUT2D eigenvalue weighted by atomic mass is 9.83. The van der Waals surface area contributed by atoms with Gasteiger partial charge < -0.3 is 4.74 Å². The molecule has 0 aromatic rings. The Balaban J connectivity index is 2.16. The van der Waals surface area contributed by atoms with Gasteiger partial charge in [0.2, 0.25) is 0 Å². The molecule has 0 heterocycles. The van der Waals surface area contributed by atoms with Crippen molar-refractivity contribution in [3.8, 4) is 0 Å². The Morgan fingerprint density at radius 3 is 2.08 bits per heavy atom. The monoisotopic (exact) mass is 184 g/mol. The Hall–Kier alpha value is -0.0400. The fourth-order valence-electron chi connectivity index (χ4n) is 1.86. The van der Waals surface area contributed by atoms with Crippen molar-refractivity contribution in [2.24, 2.45) is 11.8 Å². The maximum Gasteiger partial charge on any atom is 0.0598 e. The van der Waals surface area contributed by atoms with Gasteiger partial charge in [0.05, 0.1) is 12.2 Å². The van der Waals surface area contributed by atoms with Gasteiger partial charge in [0.15, 0.2) is 0 Å². The van der Waals surface area contributed by atoms with Crippen molar-refractivity contribution < 1.29 is 4.74 Å². The first-order valence-corrected chi connectivity index (χ1v) is 5.61. The lowest BCUT2D eigenvalue weighted by Gasteiger charge is -2.29. The van der Waals surface area contributed by atoms with E-state index in [2.05, 4.69) is 27.7 Å². The van der Waals surface area contributed by atoms with Crippen LogP contribution in [0.5, 0.6) is 0 Å². The molecule has 0 saturated heterocycles. The molecule has 0 N–H and O–H groups in total. The molecule has 1 rings (SSSR count). The van der Waals surface area contributed by atoms with Crippen LogP contribution in [0.15, 0.2) is 0 Å². The van der Waals surface area contributed by atoms with Crippen molar-refractivity contribution in [1.82, 2.24) is 0 Å². The zero-order valence-corrected chi connectivity index (χ0v) is 9.60. The molecule has 1 aliphatic carbocycles. The maximum atomic E-state index is 5.80. The van der Waals surface area contributed by atoms with Crippen molar-refractivity contribution in [1.29, 1.82) is 0 Å². The Bertz CT molecular complexity index is 138. The van der Waals surface area contributed by atoms with Gasteiger partial charge in [0, 0.05) is 0 Å².